The third-order valence-electron chi connectivity index (χ3n) is 3.23. The number of rotatable bonds is 1. The van der Waals surface area contributed by atoms with Crippen molar-refractivity contribution in [1.29, 1.82) is 10.5 Å². The normalized spacial score (nSPS) is 20.4. The molecule has 1 aromatic carbocycles. The van der Waals surface area contributed by atoms with Crippen LogP contribution in [0.3, 0.4) is 0 Å². The van der Waals surface area contributed by atoms with Crippen molar-refractivity contribution in [3.05, 3.63) is 62.7 Å². The zero-order valence-electron chi connectivity index (χ0n) is 11.9. The Kier molecular flexibility index (Phi) is 4.83. The van der Waals surface area contributed by atoms with Crippen LogP contribution in [0.25, 0.3) is 5.57 Å². The van der Waals surface area contributed by atoms with Crippen molar-refractivity contribution in [1.82, 2.24) is 0 Å². The third kappa shape index (κ3) is 3.62. The highest BCUT2D eigenvalue weighted by atomic mass is 79.9. The van der Waals surface area contributed by atoms with E-state index in [9.17, 15) is 31.6 Å². The van der Waals surface area contributed by atoms with Gasteiger partial charge in [-0.25, -0.2) is 0 Å². The Labute approximate surface area is 146 Å². The second-order valence-corrected chi connectivity index (χ2v) is 5.57. The largest absolute Gasteiger partial charge is 0.426 e. The van der Waals surface area contributed by atoms with Crippen LogP contribution in [0, 0.1) is 22.7 Å². The zero-order chi connectivity index (χ0) is 19.0. The van der Waals surface area contributed by atoms with Gasteiger partial charge in [-0.1, -0.05) is 30.3 Å². The minimum Gasteiger partial charge on any atom is -0.192 e. The summed E-state index contributed by atoms with van der Waals surface area (Å²) in [6.45, 7) is 0. The molecule has 0 aliphatic heterocycles. The molecule has 1 fully saturated rings. The van der Waals surface area contributed by atoms with Gasteiger partial charge >= 0.3 is 12.4 Å². The summed E-state index contributed by atoms with van der Waals surface area (Å²) < 4.78 is 76.3. The molecule has 25 heavy (non-hydrogen) atoms. The van der Waals surface area contributed by atoms with Gasteiger partial charge in [0.15, 0.2) is 0 Å². The molecule has 0 saturated heterocycles. The first-order chi connectivity index (χ1) is 11.5. The molecule has 2 nitrogen and oxygen atoms in total. The van der Waals surface area contributed by atoms with Crippen molar-refractivity contribution in [3.8, 4) is 12.1 Å². The lowest BCUT2D eigenvalue weighted by Gasteiger charge is -2.03. The van der Waals surface area contributed by atoms with Gasteiger partial charge in [0.1, 0.15) is 22.2 Å². The fourth-order valence-electron chi connectivity index (χ4n) is 2.18. The molecule has 1 aliphatic rings. The first-order valence-corrected chi connectivity index (χ1v) is 7.22. The van der Waals surface area contributed by atoms with Crippen LogP contribution in [0.15, 0.2) is 57.1 Å². The van der Waals surface area contributed by atoms with E-state index in [-0.39, 0.29) is 11.1 Å². The van der Waals surface area contributed by atoms with Crippen molar-refractivity contribution < 1.29 is 26.3 Å². The van der Waals surface area contributed by atoms with E-state index in [1.54, 1.807) is 12.1 Å². The van der Waals surface area contributed by atoms with Crippen molar-refractivity contribution in [3.63, 3.8) is 0 Å². The minimum absolute atomic E-state index is 0.148. The van der Waals surface area contributed by atoms with Crippen molar-refractivity contribution in [2.75, 3.05) is 0 Å². The van der Waals surface area contributed by atoms with E-state index >= 15 is 0 Å². The highest BCUT2D eigenvalue weighted by Crippen LogP contribution is 2.58. The third-order valence-corrected chi connectivity index (χ3v) is 4.07. The molecule has 1 saturated carbocycles. The molecule has 2 rings (SSSR count). The Bertz CT molecular complexity index is 890. The van der Waals surface area contributed by atoms with Crippen LogP contribution in [0.2, 0.25) is 0 Å². The Morgan fingerprint density at radius 2 is 1.36 bits per heavy atom. The lowest BCUT2D eigenvalue weighted by atomic mass is 10.1. The zero-order valence-corrected chi connectivity index (χ0v) is 13.5. The maximum Gasteiger partial charge on any atom is 0.426 e. The molecule has 9 heteroatoms. The summed E-state index contributed by atoms with van der Waals surface area (Å²) in [6, 6.07) is 9.80. The van der Waals surface area contributed by atoms with E-state index in [1.165, 1.54) is 24.3 Å². The molecular formula is C16H5BrF6N2. The average Bonchev–Trinajstić information content (AvgIpc) is 3.21. The molecule has 0 heterocycles. The van der Waals surface area contributed by atoms with E-state index in [0.29, 0.717) is 0 Å². The van der Waals surface area contributed by atoms with Gasteiger partial charge < -0.3 is 0 Å². The topological polar surface area (TPSA) is 47.6 Å². The molecular weight excluding hydrogens is 414 g/mol. The van der Waals surface area contributed by atoms with E-state index in [4.69, 9.17) is 5.26 Å². The van der Waals surface area contributed by atoms with E-state index < -0.39 is 39.1 Å². The van der Waals surface area contributed by atoms with Gasteiger partial charge in [0.05, 0.1) is 5.57 Å². The number of hydrogen-bond acceptors (Lipinski definition) is 2. The number of allylic oxidation sites excluding steroid dienone is 6. The number of benzene rings is 1. The highest BCUT2D eigenvalue weighted by Gasteiger charge is 2.51. The van der Waals surface area contributed by atoms with Crippen LogP contribution in [0.1, 0.15) is 5.56 Å². The van der Waals surface area contributed by atoms with Crippen LogP contribution >= 0.6 is 15.9 Å². The van der Waals surface area contributed by atoms with E-state index in [2.05, 4.69) is 15.9 Å². The van der Waals surface area contributed by atoms with Crippen LogP contribution < -0.4 is 0 Å². The fourth-order valence-corrected chi connectivity index (χ4v) is 2.58. The summed E-state index contributed by atoms with van der Waals surface area (Å²) in [4.78, 5) is 0. The molecule has 0 spiro atoms. The molecule has 1 aliphatic carbocycles. The monoisotopic (exact) mass is 418 g/mol. The van der Waals surface area contributed by atoms with Gasteiger partial charge in [-0.05, 0) is 21.5 Å². The van der Waals surface area contributed by atoms with Gasteiger partial charge in [0.25, 0.3) is 0 Å². The van der Waals surface area contributed by atoms with E-state index in [0.717, 1.165) is 6.07 Å². The van der Waals surface area contributed by atoms with Crippen LogP contribution in [-0.2, 0) is 0 Å². The Morgan fingerprint density at radius 1 is 0.800 bits per heavy atom. The van der Waals surface area contributed by atoms with Crippen LogP contribution in [0.5, 0.6) is 0 Å². The van der Waals surface area contributed by atoms with Gasteiger partial charge in [-0.2, -0.15) is 36.9 Å². The molecule has 0 radical (unpaired) electrons. The molecule has 0 atom stereocenters. The SMILES string of the molecule is N#CC(=C1C(=C(\C#N)C(F)(F)F)/C1=C(/Br)C(F)(F)F)c1ccccc1. The second kappa shape index (κ2) is 6.41. The maximum atomic E-state index is 13.0. The maximum absolute atomic E-state index is 13.0. The summed E-state index contributed by atoms with van der Waals surface area (Å²) in [6.07, 6.45) is -10.1. The summed E-state index contributed by atoms with van der Waals surface area (Å²) in [5, 5.41) is 18.0. The van der Waals surface area contributed by atoms with Crippen LogP contribution in [0.4, 0.5) is 26.3 Å². The first kappa shape index (κ1) is 18.8. The lowest BCUT2D eigenvalue weighted by molar-refractivity contribution is -0.0882. The van der Waals surface area contributed by atoms with Crippen molar-refractivity contribution in [2.45, 2.75) is 12.4 Å². The first-order valence-electron chi connectivity index (χ1n) is 6.43. The summed E-state index contributed by atoms with van der Waals surface area (Å²) in [5.41, 5.74) is -4.28. The van der Waals surface area contributed by atoms with E-state index in [1.807, 2.05) is 0 Å². The number of hydrogen-bond donors (Lipinski definition) is 0. The molecule has 128 valence electrons. The lowest BCUT2D eigenvalue weighted by Crippen LogP contribution is -2.10. The van der Waals surface area contributed by atoms with Gasteiger partial charge in [-0.3, -0.25) is 0 Å². The predicted molar refractivity (Wildman–Crippen MR) is 79.7 cm³/mol. The van der Waals surface area contributed by atoms with Crippen LogP contribution in [-0.4, -0.2) is 12.4 Å². The minimum atomic E-state index is -5.15. The smallest absolute Gasteiger partial charge is 0.192 e. The summed E-state index contributed by atoms with van der Waals surface area (Å²) in [5.74, 6) is 0. The molecule has 0 aromatic heterocycles. The molecule has 0 unspecified atom stereocenters. The Balaban J connectivity index is 2.89. The summed E-state index contributed by atoms with van der Waals surface area (Å²) in [7, 11) is 0. The quantitative estimate of drug-likeness (QED) is 0.442. The molecule has 0 bridgehead atoms. The number of nitrogens with zero attached hydrogens (tertiary/aromatic N) is 2. The second-order valence-electron chi connectivity index (χ2n) is 4.77. The molecule has 1 aromatic rings. The molecule has 0 amide bonds. The Morgan fingerprint density at radius 3 is 1.76 bits per heavy atom. The van der Waals surface area contributed by atoms with Gasteiger partial charge in [0, 0.05) is 16.7 Å². The highest BCUT2D eigenvalue weighted by molar-refractivity contribution is 9.11. The molecule has 0 N–H and O–H groups in total. The number of nitriles is 2. The fraction of sp³-hybridized carbons (Fsp3) is 0.125. The number of alkyl halides is 6. The Hall–Kier alpha value is -2.52. The summed E-state index contributed by atoms with van der Waals surface area (Å²) >= 11 is 2.24. The number of halogens is 7. The predicted octanol–water partition coefficient (Wildman–Crippen LogP) is 5.57. The average molecular weight is 419 g/mol. The standard InChI is InChI=1S/C16H5BrF6N2/c17-14(16(21,22)23)13-11(12(13)10(7-25)15(18,19)20)9(6-24)8-4-2-1-3-5-8/h1-5H/b11-9?,12-10-,14-13+. The van der Waals surface area contributed by atoms with Gasteiger partial charge in [-0.15, -0.1) is 0 Å². The van der Waals surface area contributed by atoms with Crippen molar-refractivity contribution >= 4 is 21.5 Å². The van der Waals surface area contributed by atoms with Crippen molar-refractivity contribution in [2.24, 2.45) is 0 Å². The van der Waals surface area contributed by atoms with Gasteiger partial charge in [0.2, 0.25) is 0 Å².